The van der Waals surface area contributed by atoms with Crippen LogP contribution in [0.1, 0.15) is 24.2 Å². The van der Waals surface area contributed by atoms with Crippen molar-refractivity contribution in [3.63, 3.8) is 0 Å². The second-order valence-electron chi connectivity index (χ2n) is 8.77. The lowest BCUT2D eigenvalue weighted by Crippen LogP contribution is -2.50. The van der Waals surface area contributed by atoms with Gasteiger partial charge in [0.15, 0.2) is 5.75 Å². The average molecular weight is 476 g/mol. The fourth-order valence-corrected chi connectivity index (χ4v) is 5.13. The molecule has 2 aromatic carbocycles. The molecule has 0 spiro atoms. The quantitative estimate of drug-likeness (QED) is 0.661. The van der Waals surface area contributed by atoms with Crippen molar-refractivity contribution < 1.29 is 23.1 Å². The number of benzene rings is 2. The second kappa shape index (κ2) is 10.1. The predicted molar refractivity (Wildman–Crippen MR) is 128 cm³/mol. The van der Waals surface area contributed by atoms with Gasteiger partial charge in [0.1, 0.15) is 6.10 Å². The monoisotopic (exact) mass is 475 g/mol. The van der Waals surface area contributed by atoms with Crippen molar-refractivity contribution in [2.24, 2.45) is 5.92 Å². The highest BCUT2D eigenvalue weighted by Crippen LogP contribution is 2.36. The first-order valence-electron chi connectivity index (χ1n) is 11.0. The summed E-state index contributed by atoms with van der Waals surface area (Å²) >= 11 is 0. The van der Waals surface area contributed by atoms with Crippen LogP contribution < -0.4 is 9.64 Å². The predicted octanol–water partition coefficient (Wildman–Crippen LogP) is 2.29. The van der Waals surface area contributed by atoms with Crippen LogP contribution in [0.15, 0.2) is 53.4 Å². The maximum atomic E-state index is 13.4. The van der Waals surface area contributed by atoms with Crippen LogP contribution in [0.2, 0.25) is 0 Å². The highest BCUT2D eigenvalue weighted by molar-refractivity contribution is 7.89. The zero-order valence-electron chi connectivity index (χ0n) is 19.8. The van der Waals surface area contributed by atoms with Gasteiger partial charge < -0.3 is 19.6 Å². The molecule has 0 saturated heterocycles. The number of para-hydroxylation sites is 1. The minimum atomic E-state index is -3.71. The molecule has 9 heteroatoms. The third kappa shape index (κ3) is 5.15. The molecule has 0 radical (unpaired) electrons. The Morgan fingerprint density at radius 3 is 2.39 bits per heavy atom. The maximum Gasteiger partial charge on any atom is 0.258 e. The SMILES string of the molecule is C[C@H](CO)N1C[C@H](C)[C@@H](CN(C)S(=O)(=O)c2ccccc2)Oc2c(cccc2N(C)C)C1=O. The summed E-state index contributed by atoms with van der Waals surface area (Å²) < 4.78 is 34.0. The molecule has 1 N–H and O–H groups in total. The third-order valence-electron chi connectivity index (χ3n) is 6.04. The smallest absolute Gasteiger partial charge is 0.258 e. The van der Waals surface area contributed by atoms with Crippen molar-refractivity contribution in [2.45, 2.75) is 30.9 Å². The van der Waals surface area contributed by atoms with Crippen molar-refractivity contribution in [2.75, 3.05) is 45.7 Å². The zero-order chi connectivity index (χ0) is 24.3. The summed E-state index contributed by atoms with van der Waals surface area (Å²) in [7, 11) is 1.55. The van der Waals surface area contributed by atoms with Crippen LogP contribution in [0.5, 0.6) is 5.75 Å². The molecule has 0 aromatic heterocycles. The third-order valence-corrected chi connectivity index (χ3v) is 7.88. The van der Waals surface area contributed by atoms with Crippen LogP contribution >= 0.6 is 0 Å². The molecule has 0 unspecified atom stereocenters. The Labute approximate surface area is 196 Å². The lowest BCUT2D eigenvalue weighted by atomic mass is 9.99. The molecule has 2 aromatic rings. The van der Waals surface area contributed by atoms with Gasteiger partial charge in [-0.1, -0.05) is 31.2 Å². The van der Waals surface area contributed by atoms with Crippen LogP contribution in [0.25, 0.3) is 0 Å². The van der Waals surface area contributed by atoms with Crippen LogP contribution in [-0.2, 0) is 10.0 Å². The Morgan fingerprint density at radius 2 is 1.79 bits per heavy atom. The van der Waals surface area contributed by atoms with Gasteiger partial charge in [-0.2, -0.15) is 4.31 Å². The van der Waals surface area contributed by atoms with Crippen LogP contribution in [0.3, 0.4) is 0 Å². The van der Waals surface area contributed by atoms with Crippen molar-refractivity contribution in [3.8, 4) is 5.75 Å². The molecule has 1 heterocycles. The first-order valence-corrected chi connectivity index (χ1v) is 12.4. The number of carbonyl (C=O) groups excluding carboxylic acids is 1. The first-order chi connectivity index (χ1) is 15.6. The van der Waals surface area contributed by atoms with Gasteiger partial charge in [-0.05, 0) is 31.2 Å². The van der Waals surface area contributed by atoms with Gasteiger partial charge in [0.25, 0.3) is 5.91 Å². The van der Waals surface area contributed by atoms with Gasteiger partial charge in [0, 0.05) is 33.6 Å². The first kappa shape index (κ1) is 25.0. The molecule has 1 aliphatic rings. The highest BCUT2D eigenvalue weighted by Gasteiger charge is 2.36. The molecule has 3 rings (SSSR count). The molecule has 0 saturated carbocycles. The lowest BCUT2D eigenvalue weighted by molar-refractivity contribution is 0.0388. The summed E-state index contributed by atoms with van der Waals surface area (Å²) in [6.45, 7) is 3.99. The van der Waals surface area contributed by atoms with E-state index in [0.29, 0.717) is 17.9 Å². The van der Waals surface area contributed by atoms with Gasteiger partial charge in [-0.3, -0.25) is 4.79 Å². The number of anilines is 1. The zero-order valence-corrected chi connectivity index (χ0v) is 20.6. The summed E-state index contributed by atoms with van der Waals surface area (Å²) in [4.78, 5) is 17.1. The van der Waals surface area contributed by atoms with Crippen molar-refractivity contribution in [3.05, 3.63) is 54.1 Å². The number of nitrogens with zero attached hydrogens (tertiary/aromatic N) is 3. The number of carbonyl (C=O) groups is 1. The van der Waals surface area contributed by atoms with E-state index in [1.165, 1.54) is 11.4 Å². The van der Waals surface area contributed by atoms with E-state index in [9.17, 15) is 18.3 Å². The fraction of sp³-hybridized carbons (Fsp3) is 0.458. The van der Waals surface area contributed by atoms with E-state index in [1.54, 1.807) is 54.3 Å². The second-order valence-corrected chi connectivity index (χ2v) is 10.8. The molecule has 33 heavy (non-hydrogen) atoms. The number of aliphatic hydroxyl groups is 1. The number of hydrogen-bond donors (Lipinski definition) is 1. The molecule has 180 valence electrons. The van der Waals surface area contributed by atoms with Gasteiger partial charge in [-0.25, -0.2) is 8.42 Å². The summed E-state index contributed by atoms with van der Waals surface area (Å²) in [5.41, 5.74) is 1.12. The van der Waals surface area contributed by atoms with E-state index in [2.05, 4.69) is 0 Å². The van der Waals surface area contributed by atoms with Gasteiger partial charge in [-0.15, -0.1) is 0 Å². The largest absolute Gasteiger partial charge is 0.486 e. The molecule has 0 aliphatic carbocycles. The van der Waals surface area contributed by atoms with E-state index in [0.717, 1.165) is 5.69 Å². The lowest BCUT2D eigenvalue weighted by Gasteiger charge is -2.38. The Hall–Kier alpha value is -2.62. The maximum absolute atomic E-state index is 13.4. The normalized spacial score (nSPS) is 20.0. The van der Waals surface area contributed by atoms with E-state index in [1.807, 2.05) is 32.0 Å². The van der Waals surface area contributed by atoms with Gasteiger partial charge in [0.05, 0.1) is 35.3 Å². The summed E-state index contributed by atoms with van der Waals surface area (Å²) in [6, 6.07) is 13.3. The molecule has 0 bridgehead atoms. The molecule has 0 fully saturated rings. The Balaban J connectivity index is 2.02. The van der Waals surface area contributed by atoms with E-state index < -0.39 is 16.1 Å². The van der Waals surface area contributed by atoms with E-state index >= 15 is 0 Å². The summed E-state index contributed by atoms with van der Waals surface area (Å²) in [6.07, 6.45) is -0.519. The average Bonchev–Trinajstić information content (AvgIpc) is 2.80. The van der Waals surface area contributed by atoms with Crippen LogP contribution in [0.4, 0.5) is 5.69 Å². The number of rotatable bonds is 7. The Morgan fingerprint density at radius 1 is 1.12 bits per heavy atom. The molecule has 3 atom stereocenters. The molecule has 1 aliphatic heterocycles. The number of amides is 1. The minimum absolute atomic E-state index is 0.106. The Kier molecular flexibility index (Phi) is 7.66. The van der Waals surface area contributed by atoms with Crippen LogP contribution in [0, 0.1) is 5.92 Å². The topological polar surface area (TPSA) is 90.4 Å². The number of hydrogen-bond acceptors (Lipinski definition) is 6. The minimum Gasteiger partial charge on any atom is -0.486 e. The van der Waals surface area contributed by atoms with E-state index in [-0.39, 0.29) is 35.9 Å². The summed E-state index contributed by atoms with van der Waals surface area (Å²) in [5, 5.41) is 9.77. The van der Waals surface area contributed by atoms with Crippen molar-refractivity contribution in [1.82, 2.24) is 9.21 Å². The fourth-order valence-electron chi connectivity index (χ4n) is 3.92. The standard InChI is InChI=1S/C24H33N3O5S/c1-17-14-27(18(2)16-28)24(29)20-12-9-13-21(25(3)4)23(20)32-22(17)15-26(5)33(30,31)19-10-7-6-8-11-19/h6-13,17-18,22,28H,14-16H2,1-5H3/t17-,18+,22+/m0/s1. The van der Waals surface area contributed by atoms with Crippen LogP contribution in [-0.4, -0.2) is 81.6 Å². The molecular weight excluding hydrogens is 442 g/mol. The Bertz CT molecular complexity index is 1070. The van der Waals surface area contributed by atoms with E-state index in [4.69, 9.17) is 4.74 Å². The van der Waals surface area contributed by atoms with Crippen molar-refractivity contribution in [1.29, 1.82) is 0 Å². The summed E-state index contributed by atoms with van der Waals surface area (Å²) in [5.74, 6) is 0.00949. The number of aliphatic hydroxyl groups excluding tert-OH is 1. The van der Waals surface area contributed by atoms with Gasteiger partial charge >= 0.3 is 0 Å². The molecule has 8 nitrogen and oxygen atoms in total. The molecular formula is C24H33N3O5S. The molecule has 1 amide bonds. The number of sulfonamides is 1. The number of ether oxygens (including phenoxy) is 1. The number of fused-ring (bicyclic) bond motifs is 1. The highest BCUT2D eigenvalue weighted by atomic mass is 32.2. The van der Waals surface area contributed by atoms with Gasteiger partial charge in [0.2, 0.25) is 10.0 Å². The number of likely N-dealkylation sites (N-methyl/N-ethyl adjacent to an activating group) is 1. The van der Waals surface area contributed by atoms with Crippen molar-refractivity contribution >= 4 is 21.6 Å².